The van der Waals surface area contributed by atoms with Crippen LogP contribution in [-0.4, -0.2) is 12.0 Å². The molecule has 0 radical (unpaired) electrons. The highest BCUT2D eigenvalue weighted by Gasteiger charge is 2.14. The van der Waals surface area contributed by atoms with Crippen molar-refractivity contribution in [1.82, 2.24) is 10.3 Å². The van der Waals surface area contributed by atoms with Gasteiger partial charge in [0.25, 0.3) is 0 Å². The first-order valence-electron chi connectivity index (χ1n) is 7.58. The fraction of sp³-hybridized carbons (Fsp3) is 0.421. The number of benzene rings is 1. The van der Waals surface area contributed by atoms with Gasteiger partial charge in [-0.2, -0.15) is 0 Å². The molecule has 2 heteroatoms. The third kappa shape index (κ3) is 4.15. The molecule has 0 saturated heterocycles. The monoisotopic (exact) mass is 282 g/mol. The summed E-state index contributed by atoms with van der Waals surface area (Å²) in [6.07, 6.45) is 4.83. The van der Waals surface area contributed by atoms with Crippen molar-refractivity contribution in [2.24, 2.45) is 0 Å². The van der Waals surface area contributed by atoms with Crippen molar-refractivity contribution in [2.75, 3.05) is 7.05 Å². The lowest BCUT2D eigenvalue weighted by Crippen LogP contribution is -2.19. The Balaban J connectivity index is 2.15. The predicted molar refractivity (Wildman–Crippen MR) is 89.6 cm³/mol. The molecule has 21 heavy (non-hydrogen) atoms. The van der Waals surface area contributed by atoms with Gasteiger partial charge in [-0.15, -0.1) is 0 Å². The Morgan fingerprint density at radius 3 is 2.29 bits per heavy atom. The molecule has 0 amide bonds. The van der Waals surface area contributed by atoms with Crippen molar-refractivity contribution in [2.45, 2.75) is 45.6 Å². The maximum Gasteiger partial charge on any atom is 0.0373 e. The second kappa shape index (κ2) is 6.40. The molecule has 0 bridgehead atoms. The molecule has 1 unspecified atom stereocenters. The van der Waals surface area contributed by atoms with Crippen LogP contribution in [0, 0.1) is 6.92 Å². The van der Waals surface area contributed by atoms with Crippen LogP contribution in [0.4, 0.5) is 0 Å². The van der Waals surface area contributed by atoms with Gasteiger partial charge in [0.1, 0.15) is 0 Å². The van der Waals surface area contributed by atoms with E-state index >= 15 is 0 Å². The van der Waals surface area contributed by atoms with Crippen LogP contribution in [0.15, 0.2) is 42.7 Å². The van der Waals surface area contributed by atoms with Crippen LogP contribution < -0.4 is 5.32 Å². The lowest BCUT2D eigenvalue weighted by Gasteiger charge is -2.20. The summed E-state index contributed by atoms with van der Waals surface area (Å²) < 4.78 is 0. The van der Waals surface area contributed by atoms with Crippen molar-refractivity contribution in [3.8, 4) is 0 Å². The first kappa shape index (κ1) is 15.7. The smallest absolute Gasteiger partial charge is 0.0373 e. The summed E-state index contributed by atoms with van der Waals surface area (Å²) in [5, 5.41) is 3.40. The third-order valence-electron chi connectivity index (χ3n) is 3.91. The maximum atomic E-state index is 4.30. The number of hydrogen-bond acceptors (Lipinski definition) is 2. The van der Waals surface area contributed by atoms with Crippen molar-refractivity contribution in [3.05, 3.63) is 65.0 Å². The zero-order valence-corrected chi connectivity index (χ0v) is 13.8. The molecule has 1 aromatic carbocycles. The number of nitrogens with one attached hydrogen (secondary N) is 1. The van der Waals surface area contributed by atoms with Gasteiger partial charge >= 0.3 is 0 Å². The van der Waals surface area contributed by atoms with Gasteiger partial charge in [0.2, 0.25) is 0 Å². The van der Waals surface area contributed by atoms with Gasteiger partial charge in [-0.05, 0) is 48.1 Å². The summed E-state index contributed by atoms with van der Waals surface area (Å²) in [5.41, 5.74) is 5.39. The van der Waals surface area contributed by atoms with E-state index in [-0.39, 0.29) is 5.41 Å². The van der Waals surface area contributed by atoms with Crippen LogP contribution in [0.25, 0.3) is 0 Å². The molecule has 1 aromatic heterocycles. The molecule has 2 rings (SSSR count). The Hall–Kier alpha value is -1.67. The van der Waals surface area contributed by atoms with Crippen LogP contribution in [-0.2, 0) is 11.8 Å². The lowest BCUT2D eigenvalue weighted by atomic mass is 9.86. The summed E-state index contributed by atoms with van der Waals surface area (Å²) in [6, 6.07) is 11.5. The van der Waals surface area contributed by atoms with E-state index in [4.69, 9.17) is 0 Å². The van der Waals surface area contributed by atoms with Crippen LogP contribution in [0.2, 0.25) is 0 Å². The Morgan fingerprint density at radius 2 is 1.76 bits per heavy atom. The van der Waals surface area contributed by atoms with Crippen LogP contribution in [0.3, 0.4) is 0 Å². The Kier molecular flexibility index (Phi) is 4.79. The standard InChI is InChI=1S/C19H26N2/c1-14-10-16(13-21-12-14)18(20-5)11-15-6-8-17(9-7-15)19(2,3)4/h6-10,12-13,18,20H,11H2,1-5H3. The van der Waals surface area contributed by atoms with Gasteiger partial charge in [-0.25, -0.2) is 0 Å². The molecule has 1 heterocycles. The van der Waals surface area contributed by atoms with E-state index in [0.29, 0.717) is 6.04 Å². The molecule has 0 spiro atoms. The fourth-order valence-electron chi connectivity index (χ4n) is 2.53. The quantitative estimate of drug-likeness (QED) is 0.909. The first-order chi connectivity index (χ1) is 9.90. The van der Waals surface area contributed by atoms with Crippen LogP contribution in [0.5, 0.6) is 0 Å². The largest absolute Gasteiger partial charge is 0.313 e. The number of aryl methyl sites for hydroxylation is 1. The predicted octanol–water partition coefficient (Wildman–Crippen LogP) is 4.19. The van der Waals surface area contributed by atoms with Crippen molar-refractivity contribution in [1.29, 1.82) is 0 Å². The summed E-state index contributed by atoms with van der Waals surface area (Å²) in [5.74, 6) is 0. The molecule has 0 saturated carbocycles. The minimum absolute atomic E-state index is 0.210. The summed E-state index contributed by atoms with van der Waals surface area (Å²) in [4.78, 5) is 4.30. The molecule has 112 valence electrons. The Bertz CT molecular complexity index is 579. The lowest BCUT2D eigenvalue weighted by molar-refractivity contribution is 0.582. The molecule has 0 aliphatic carbocycles. The molecule has 2 nitrogen and oxygen atoms in total. The first-order valence-corrected chi connectivity index (χ1v) is 7.58. The van der Waals surface area contributed by atoms with Gasteiger partial charge in [-0.3, -0.25) is 4.98 Å². The summed E-state index contributed by atoms with van der Waals surface area (Å²) >= 11 is 0. The van der Waals surface area contributed by atoms with E-state index in [1.807, 2.05) is 19.4 Å². The summed E-state index contributed by atoms with van der Waals surface area (Å²) in [7, 11) is 2.01. The number of likely N-dealkylation sites (N-methyl/N-ethyl adjacent to an activating group) is 1. The van der Waals surface area contributed by atoms with E-state index in [9.17, 15) is 0 Å². The number of pyridine rings is 1. The summed E-state index contributed by atoms with van der Waals surface area (Å²) in [6.45, 7) is 8.83. The molecule has 0 aliphatic rings. The zero-order chi connectivity index (χ0) is 15.5. The SMILES string of the molecule is CNC(Cc1ccc(C(C)(C)C)cc1)c1cncc(C)c1. The number of rotatable bonds is 4. The van der Waals surface area contributed by atoms with Crippen molar-refractivity contribution < 1.29 is 0 Å². The topological polar surface area (TPSA) is 24.9 Å². The average Bonchev–Trinajstić information content (AvgIpc) is 2.44. The van der Waals surface area contributed by atoms with Gasteiger partial charge in [0, 0.05) is 18.4 Å². The normalized spacial score (nSPS) is 13.2. The highest BCUT2D eigenvalue weighted by molar-refractivity contribution is 5.29. The van der Waals surface area contributed by atoms with Gasteiger partial charge in [0.05, 0.1) is 0 Å². The number of hydrogen-bond donors (Lipinski definition) is 1. The highest BCUT2D eigenvalue weighted by Crippen LogP contribution is 2.24. The van der Waals surface area contributed by atoms with E-state index in [1.165, 1.54) is 22.3 Å². The van der Waals surface area contributed by atoms with Crippen molar-refractivity contribution in [3.63, 3.8) is 0 Å². The zero-order valence-electron chi connectivity index (χ0n) is 13.8. The van der Waals surface area contributed by atoms with E-state index < -0.39 is 0 Å². The van der Waals surface area contributed by atoms with Crippen LogP contribution in [0.1, 0.15) is 49.1 Å². The minimum atomic E-state index is 0.210. The number of nitrogens with zero attached hydrogens (tertiary/aromatic N) is 1. The van der Waals surface area contributed by atoms with Gasteiger partial charge in [-0.1, -0.05) is 51.1 Å². The van der Waals surface area contributed by atoms with Gasteiger partial charge in [0.15, 0.2) is 0 Å². The molecular formula is C19H26N2. The van der Waals surface area contributed by atoms with E-state index in [2.05, 4.69) is 68.3 Å². The third-order valence-corrected chi connectivity index (χ3v) is 3.91. The van der Waals surface area contributed by atoms with Crippen LogP contribution >= 0.6 is 0 Å². The molecule has 0 fully saturated rings. The minimum Gasteiger partial charge on any atom is -0.313 e. The maximum absolute atomic E-state index is 4.30. The fourth-order valence-corrected chi connectivity index (χ4v) is 2.53. The molecule has 2 aromatic rings. The molecule has 1 N–H and O–H groups in total. The highest BCUT2D eigenvalue weighted by atomic mass is 14.9. The average molecular weight is 282 g/mol. The van der Waals surface area contributed by atoms with E-state index in [1.54, 1.807) is 0 Å². The molecule has 1 atom stereocenters. The second-order valence-electron chi connectivity index (χ2n) is 6.79. The van der Waals surface area contributed by atoms with Crippen molar-refractivity contribution >= 4 is 0 Å². The number of aromatic nitrogens is 1. The molecule has 0 aliphatic heterocycles. The van der Waals surface area contributed by atoms with Gasteiger partial charge < -0.3 is 5.32 Å². The Morgan fingerprint density at radius 1 is 1.10 bits per heavy atom. The van der Waals surface area contributed by atoms with E-state index in [0.717, 1.165) is 6.42 Å². The molecular weight excluding hydrogens is 256 g/mol. The second-order valence-corrected chi connectivity index (χ2v) is 6.79. The Labute approximate surface area is 128 Å².